The summed E-state index contributed by atoms with van der Waals surface area (Å²) in [6, 6.07) is 5.26. The van der Waals surface area contributed by atoms with Crippen molar-refractivity contribution < 1.29 is 9.59 Å². The summed E-state index contributed by atoms with van der Waals surface area (Å²) in [5.41, 5.74) is 1.61. The molecule has 0 spiro atoms. The SMILES string of the molecule is Cc1nc(C(C)NC(=O)c2ccc3sc4c(c3c2)CCNC4=O)n[nH]1. The van der Waals surface area contributed by atoms with E-state index in [1.165, 1.54) is 11.3 Å². The molecule has 7 nitrogen and oxygen atoms in total. The van der Waals surface area contributed by atoms with Crippen LogP contribution in [0.15, 0.2) is 18.2 Å². The molecule has 3 heterocycles. The van der Waals surface area contributed by atoms with E-state index in [-0.39, 0.29) is 17.9 Å². The minimum Gasteiger partial charge on any atom is -0.351 e. The number of aromatic nitrogens is 3. The number of thiophene rings is 1. The summed E-state index contributed by atoms with van der Waals surface area (Å²) < 4.78 is 1.02. The molecule has 1 aliphatic heterocycles. The molecule has 0 aliphatic carbocycles. The highest BCUT2D eigenvalue weighted by Crippen LogP contribution is 2.34. The monoisotopic (exact) mass is 355 g/mol. The highest BCUT2D eigenvalue weighted by molar-refractivity contribution is 7.21. The van der Waals surface area contributed by atoms with Gasteiger partial charge in [0.25, 0.3) is 11.8 Å². The second kappa shape index (κ2) is 5.96. The molecule has 1 unspecified atom stereocenters. The maximum absolute atomic E-state index is 12.6. The Bertz CT molecular complexity index is 990. The van der Waals surface area contributed by atoms with E-state index in [0.29, 0.717) is 23.8 Å². The van der Waals surface area contributed by atoms with Gasteiger partial charge >= 0.3 is 0 Å². The lowest BCUT2D eigenvalue weighted by atomic mass is 10.0. The number of amides is 2. The summed E-state index contributed by atoms with van der Waals surface area (Å²) in [5, 5.41) is 13.6. The fourth-order valence-electron chi connectivity index (χ4n) is 3.00. The first-order chi connectivity index (χ1) is 12.0. The zero-order valence-electron chi connectivity index (χ0n) is 13.8. The Morgan fingerprint density at radius 2 is 2.24 bits per heavy atom. The van der Waals surface area contributed by atoms with Crippen LogP contribution in [0.4, 0.5) is 0 Å². The Morgan fingerprint density at radius 1 is 1.40 bits per heavy atom. The summed E-state index contributed by atoms with van der Waals surface area (Å²) in [7, 11) is 0. The summed E-state index contributed by atoms with van der Waals surface area (Å²) in [6.07, 6.45) is 0.791. The van der Waals surface area contributed by atoms with Crippen molar-refractivity contribution in [2.24, 2.45) is 0 Å². The molecule has 0 bridgehead atoms. The Hall–Kier alpha value is -2.74. The van der Waals surface area contributed by atoms with Gasteiger partial charge in [-0.3, -0.25) is 14.7 Å². The number of hydrogen-bond acceptors (Lipinski definition) is 5. The minimum absolute atomic E-state index is 0.0259. The third kappa shape index (κ3) is 2.78. The van der Waals surface area contributed by atoms with Crippen molar-refractivity contribution in [1.82, 2.24) is 25.8 Å². The Labute approximate surface area is 147 Å². The van der Waals surface area contributed by atoms with Crippen LogP contribution >= 0.6 is 11.3 Å². The molecule has 2 amide bonds. The zero-order valence-corrected chi connectivity index (χ0v) is 14.7. The summed E-state index contributed by atoms with van der Waals surface area (Å²) >= 11 is 1.47. The molecular weight excluding hydrogens is 338 g/mol. The van der Waals surface area contributed by atoms with Crippen LogP contribution < -0.4 is 10.6 Å². The number of H-pyrrole nitrogens is 1. The molecule has 0 fully saturated rings. The molecule has 1 atom stereocenters. The van der Waals surface area contributed by atoms with Gasteiger partial charge in [0.1, 0.15) is 5.82 Å². The fraction of sp³-hybridized carbons (Fsp3) is 0.294. The van der Waals surface area contributed by atoms with Gasteiger partial charge in [-0.25, -0.2) is 4.98 Å². The smallest absolute Gasteiger partial charge is 0.261 e. The number of nitrogens with zero attached hydrogens (tertiary/aromatic N) is 2. The van der Waals surface area contributed by atoms with Crippen LogP contribution in [0, 0.1) is 6.92 Å². The van der Waals surface area contributed by atoms with Crippen molar-refractivity contribution in [3.8, 4) is 0 Å². The number of aryl methyl sites for hydroxylation is 1. The van der Waals surface area contributed by atoms with Gasteiger partial charge in [-0.2, -0.15) is 5.10 Å². The van der Waals surface area contributed by atoms with Crippen molar-refractivity contribution in [3.05, 3.63) is 45.9 Å². The van der Waals surface area contributed by atoms with Gasteiger partial charge in [-0.15, -0.1) is 11.3 Å². The lowest BCUT2D eigenvalue weighted by Crippen LogP contribution is -2.30. The number of nitrogens with one attached hydrogen (secondary N) is 3. The predicted octanol–water partition coefficient (Wildman–Crippen LogP) is 2.10. The molecule has 3 aromatic rings. The van der Waals surface area contributed by atoms with Gasteiger partial charge in [0.15, 0.2) is 5.82 Å². The second-order valence-corrected chi connectivity index (χ2v) is 7.15. The van der Waals surface area contributed by atoms with Gasteiger partial charge < -0.3 is 10.6 Å². The van der Waals surface area contributed by atoms with E-state index in [4.69, 9.17) is 0 Å². The highest BCUT2D eigenvalue weighted by Gasteiger charge is 2.23. The summed E-state index contributed by atoms with van der Waals surface area (Å²) in [6.45, 7) is 4.29. The number of hydrogen-bond donors (Lipinski definition) is 3. The van der Waals surface area contributed by atoms with E-state index in [1.54, 1.807) is 6.07 Å². The lowest BCUT2D eigenvalue weighted by Gasteiger charge is -2.13. The molecule has 25 heavy (non-hydrogen) atoms. The molecule has 0 saturated carbocycles. The van der Waals surface area contributed by atoms with Crippen LogP contribution in [0.5, 0.6) is 0 Å². The molecule has 8 heteroatoms. The lowest BCUT2D eigenvalue weighted by molar-refractivity contribution is 0.0934. The van der Waals surface area contributed by atoms with E-state index < -0.39 is 0 Å². The van der Waals surface area contributed by atoms with E-state index in [1.807, 2.05) is 26.0 Å². The summed E-state index contributed by atoms with van der Waals surface area (Å²) in [5.74, 6) is 1.05. The van der Waals surface area contributed by atoms with Crippen LogP contribution in [-0.4, -0.2) is 33.5 Å². The van der Waals surface area contributed by atoms with Gasteiger partial charge in [-0.05, 0) is 49.4 Å². The number of rotatable bonds is 3. The second-order valence-electron chi connectivity index (χ2n) is 6.10. The van der Waals surface area contributed by atoms with E-state index in [2.05, 4.69) is 25.8 Å². The molecule has 3 N–H and O–H groups in total. The van der Waals surface area contributed by atoms with Crippen molar-refractivity contribution in [2.45, 2.75) is 26.3 Å². The van der Waals surface area contributed by atoms with Crippen LogP contribution in [0.1, 0.15) is 50.2 Å². The predicted molar refractivity (Wildman–Crippen MR) is 94.9 cm³/mol. The third-order valence-corrected chi connectivity index (χ3v) is 5.48. The quantitative estimate of drug-likeness (QED) is 0.670. The normalized spacial score (nSPS) is 14.9. The first-order valence-corrected chi connectivity index (χ1v) is 8.88. The maximum Gasteiger partial charge on any atom is 0.261 e. The molecule has 4 rings (SSSR count). The Morgan fingerprint density at radius 3 is 3.00 bits per heavy atom. The van der Waals surface area contributed by atoms with Crippen molar-refractivity contribution in [1.29, 1.82) is 0 Å². The van der Waals surface area contributed by atoms with Gasteiger partial charge in [-0.1, -0.05) is 0 Å². The van der Waals surface area contributed by atoms with E-state index >= 15 is 0 Å². The molecule has 0 saturated heterocycles. The van der Waals surface area contributed by atoms with Gasteiger partial charge in [0.2, 0.25) is 0 Å². The molecule has 128 valence electrons. The molecular formula is C17H17N5O2S. The average molecular weight is 355 g/mol. The average Bonchev–Trinajstić information content (AvgIpc) is 3.19. The Balaban J connectivity index is 1.62. The van der Waals surface area contributed by atoms with Crippen molar-refractivity contribution in [2.75, 3.05) is 6.54 Å². The van der Waals surface area contributed by atoms with E-state index in [9.17, 15) is 9.59 Å². The largest absolute Gasteiger partial charge is 0.351 e. The Kier molecular flexibility index (Phi) is 3.76. The van der Waals surface area contributed by atoms with E-state index in [0.717, 1.165) is 26.9 Å². The first kappa shape index (κ1) is 15.8. The van der Waals surface area contributed by atoms with Gasteiger partial charge in [0.05, 0.1) is 10.9 Å². The zero-order chi connectivity index (χ0) is 17.6. The fourth-order valence-corrected chi connectivity index (χ4v) is 4.15. The molecule has 1 aromatic carbocycles. The standard InChI is InChI=1S/C17H17N5O2S/c1-8(15-20-9(2)21-22-15)19-16(23)10-3-4-13-12(7-10)11-5-6-18-17(24)14(11)25-13/h3-4,7-8H,5-6H2,1-2H3,(H,18,24)(H,19,23)(H,20,21,22). The number of carbonyl (C=O) groups excluding carboxylic acids is 2. The highest BCUT2D eigenvalue weighted by atomic mass is 32.1. The maximum atomic E-state index is 12.6. The molecule has 0 radical (unpaired) electrons. The number of aromatic amines is 1. The van der Waals surface area contributed by atoms with Crippen molar-refractivity contribution in [3.63, 3.8) is 0 Å². The van der Waals surface area contributed by atoms with Crippen LogP contribution in [0.3, 0.4) is 0 Å². The van der Waals surface area contributed by atoms with Crippen molar-refractivity contribution >= 4 is 33.2 Å². The topological polar surface area (TPSA) is 99.8 Å². The number of carbonyl (C=O) groups is 2. The summed E-state index contributed by atoms with van der Waals surface area (Å²) in [4.78, 5) is 29.6. The third-order valence-electron chi connectivity index (χ3n) is 4.27. The van der Waals surface area contributed by atoms with Crippen LogP contribution in [0.2, 0.25) is 0 Å². The van der Waals surface area contributed by atoms with Crippen LogP contribution in [-0.2, 0) is 6.42 Å². The van der Waals surface area contributed by atoms with Crippen LogP contribution in [0.25, 0.3) is 10.1 Å². The number of fused-ring (bicyclic) bond motifs is 3. The molecule has 1 aliphatic rings. The number of benzene rings is 1. The first-order valence-electron chi connectivity index (χ1n) is 8.06. The molecule has 2 aromatic heterocycles. The minimum atomic E-state index is -0.296. The van der Waals surface area contributed by atoms with Gasteiger partial charge in [0, 0.05) is 16.8 Å².